The number of piperazine rings is 1. The number of nitrogens with one attached hydrogen (secondary N) is 2. The first-order valence-electron chi connectivity index (χ1n) is 22.9. The van der Waals surface area contributed by atoms with E-state index in [1.165, 1.54) is 12.1 Å². The van der Waals surface area contributed by atoms with Gasteiger partial charge in [0.1, 0.15) is 11.6 Å². The smallest absolute Gasteiger partial charge is 0.258 e. The van der Waals surface area contributed by atoms with Crippen LogP contribution in [0.25, 0.3) is 22.3 Å². The number of halogens is 2. The van der Waals surface area contributed by atoms with E-state index < -0.39 is 29.4 Å². The molecule has 2 aromatic carbocycles. The summed E-state index contributed by atoms with van der Waals surface area (Å²) in [6, 6.07) is 13.0. The summed E-state index contributed by atoms with van der Waals surface area (Å²) in [5.74, 6) is -1.96. The number of rotatable bonds is 6. The van der Waals surface area contributed by atoms with Crippen molar-refractivity contribution in [3.8, 4) is 17.1 Å². The Labute approximate surface area is 376 Å². The number of imide groups is 1. The van der Waals surface area contributed by atoms with E-state index in [0.717, 1.165) is 79.7 Å². The maximum Gasteiger partial charge on any atom is 0.258 e. The van der Waals surface area contributed by atoms with Crippen LogP contribution in [0, 0.1) is 37.3 Å². The predicted molar refractivity (Wildman–Crippen MR) is 241 cm³/mol. The van der Waals surface area contributed by atoms with Gasteiger partial charge in [-0.1, -0.05) is 0 Å². The van der Waals surface area contributed by atoms with Gasteiger partial charge in [0.25, 0.3) is 5.91 Å². The van der Waals surface area contributed by atoms with Crippen LogP contribution in [-0.2, 0) is 27.9 Å². The number of hydrogen-bond acceptors (Lipinski definition) is 11. The summed E-state index contributed by atoms with van der Waals surface area (Å²) in [6.07, 6.45) is 4.85. The van der Waals surface area contributed by atoms with E-state index in [1.807, 2.05) is 31.9 Å². The molecule has 1 aliphatic carbocycles. The number of piperidine rings is 2. The van der Waals surface area contributed by atoms with E-state index in [4.69, 9.17) is 19.4 Å². The second-order valence-electron chi connectivity index (χ2n) is 18.6. The number of aromatic nitrogens is 5. The molecule has 3 saturated heterocycles. The Morgan fingerprint density at radius 1 is 0.846 bits per heavy atom. The highest BCUT2D eigenvalue weighted by Crippen LogP contribution is 2.39. The highest BCUT2D eigenvalue weighted by Gasteiger charge is 2.37. The average Bonchev–Trinajstić information content (AvgIpc) is 3.96. The van der Waals surface area contributed by atoms with Crippen LogP contribution in [0.2, 0.25) is 0 Å². The number of anilines is 3. The van der Waals surface area contributed by atoms with Crippen molar-refractivity contribution in [3.63, 3.8) is 0 Å². The molecule has 17 heteroatoms. The highest BCUT2D eigenvalue weighted by molar-refractivity contribution is 6.05. The summed E-state index contributed by atoms with van der Waals surface area (Å²) in [6.45, 7) is 9.30. The zero-order valence-corrected chi connectivity index (χ0v) is 37.4. The number of pyridine rings is 1. The van der Waals surface area contributed by atoms with E-state index in [-0.39, 0.29) is 36.4 Å². The lowest BCUT2D eigenvalue weighted by atomic mass is 9.89. The van der Waals surface area contributed by atoms with Crippen LogP contribution in [0.15, 0.2) is 42.5 Å². The molecule has 4 bridgehead atoms. The number of carbonyl (C=O) groups excluding carboxylic acids is 3. The van der Waals surface area contributed by atoms with E-state index in [0.29, 0.717) is 79.2 Å². The van der Waals surface area contributed by atoms with Crippen LogP contribution >= 0.6 is 0 Å². The predicted octanol–water partition coefficient (Wildman–Crippen LogP) is 6.11. The van der Waals surface area contributed by atoms with Crippen molar-refractivity contribution in [2.75, 3.05) is 68.2 Å². The number of fused-ring (bicyclic) bond motifs is 9. The number of hydrogen-bond donors (Lipinski definition) is 2. The maximum absolute atomic E-state index is 15.4. The molecule has 0 spiro atoms. The molecule has 2 N–H and O–H groups in total. The molecular weight excluding hydrogens is 835 g/mol. The SMILES string of the molecule is COC[C@H]1CN(c2ccc3nc4n(c3c2)C[C@@H]2CC[C@H](COc3c(c(C)nn3C)-c3cc(cc(C)n3)C(=O)N4)C2)CCN1C1CCN(c2cc(F)c([C@H]3CCC(=O)NC3=O)c(F)c2)CC1. The normalized spacial score (nSPS) is 23.4. The molecule has 3 aromatic heterocycles. The summed E-state index contributed by atoms with van der Waals surface area (Å²) < 4.78 is 47.2. The quantitative estimate of drug-likeness (QED) is 0.190. The maximum atomic E-state index is 15.4. The standard InChI is InChI=1S/C48H56F2N10O5/c1-27-17-31-19-40(51-27)43-28(2)55-56(3)47(43)65-25-30-6-5-29(18-30)23-60-41-22-33(7-9-39(41)52-48(60)54-45(31)62)58-15-16-59(35(24-58)26-64-4)32-11-13-57(14-12-32)34-20-37(49)44(38(50)21-34)36-8-10-42(61)53-46(36)63/h7,9,17,19-22,29-30,32,35-36H,5-6,8,10-16,18,23-26H2,1-4H3,(H,52,54,62)(H,53,61,63)/t29-,30+,35-,36-/m1/s1. The molecule has 3 amide bonds. The molecule has 4 aliphatic heterocycles. The number of methoxy groups -OCH3 is 1. The number of benzene rings is 2. The molecule has 4 atom stereocenters. The van der Waals surface area contributed by atoms with E-state index >= 15 is 8.78 Å². The first kappa shape index (κ1) is 43.0. The van der Waals surface area contributed by atoms with Gasteiger partial charge < -0.3 is 23.8 Å². The molecule has 0 unspecified atom stereocenters. The molecule has 65 heavy (non-hydrogen) atoms. The summed E-state index contributed by atoms with van der Waals surface area (Å²) in [5, 5.41) is 10.1. The largest absolute Gasteiger partial charge is 0.477 e. The van der Waals surface area contributed by atoms with Gasteiger partial charge in [0, 0.05) is 94.1 Å². The van der Waals surface area contributed by atoms with Gasteiger partial charge in [0.2, 0.25) is 23.6 Å². The lowest BCUT2D eigenvalue weighted by Gasteiger charge is -2.48. The fourth-order valence-electron chi connectivity index (χ4n) is 11.2. The molecular formula is C48H56F2N10O5. The lowest BCUT2D eigenvalue weighted by molar-refractivity contribution is -0.134. The van der Waals surface area contributed by atoms with Crippen LogP contribution in [0.4, 0.5) is 26.1 Å². The molecule has 15 nitrogen and oxygen atoms in total. The zero-order chi connectivity index (χ0) is 45.1. The van der Waals surface area contributed by atoms with Gasteiger partial charge in [-0.05, 0) is 107 Å². The minimum absolute atomic E-state index is 0.0483. The fourth-order valence-corrected chi connectivity index (χ4v) is 11.2. The Morgan fingerprint density at radius 2 is 1.63 bits per heavy atom. The van der Waals surface area contributed by atoms with E-state index in [9.17, 15) is 14.4 Å². The van der Waals surface area contributed by atoms with Gasteiger partial charge in [0.05, 0.1) is 53.2 Å². The molecule has 342 valence electrons. The molecule has 10 rings (SSSR count). The van der Waals surface area contributed by atoms with Crippen molar-refractivity contribution >= 4 is 46.1 Å². The Balaban J connectivity index is 0.863. The van der Waals surface area contributed by atoms with Crippen LogP contribution < -0.4 is 25.2 Å². The Morgan fingerprint density at radius 3 is 2.40 bits per heavy atom. The lowest BCUT2D eigenvalue weighted by Crippen LogP contribution is -2.60. The second kappa shape index (κ2) is 17.5. The van der Waals surface area contributed by atoms with Crippen molar-refractivity contribution in [3.05, 3.63) is 76.6 Å². The number of imidazole rings is 1. The monoisotopic (exact) mass is 890 g/mol. The summed E-state index contributed by atoms with van der Waals surface area (Å²) >= 11 is 0. The second-order valence-corrected chi connectivity index (χ2v) is 18.6. The van der Waals surface area contributed by atoms with Crippen molar-refractivity contribution in [1.82, 2.24) is 34.5 Å². The van der Waals surface area contributed by atoms with E-state index in [2.05, 4.69) is 48.3 Å². The number of ether oxygens (including phenoxy) is 2. The average molecular weight is 891 g/mol. The number of aryl methyl sites for hydroxylation is 3. The fraction of sp³-hybridized carbons (Fsp3) is 0.500. The third-order valence-corrected chi connectivity index (χ3v) is 14.3. The van der Waals surface area contributed by atoms with Crippen molar-refractivity contribution in [1.29, 1.82) is 0 Å². The van der Waals surface area contributed by atoms with Gasteiger partial charge in [0.15, 0.2) is 0 Å². The van der Waals surface area contributed by atoms with Crippen LogP contribution in [0.1, 0.15) is 78.2 Å². The molecule has 4 fully saturated rings. The van der Waals surface area contributed by atoms with Gasteiger partial charge in [-0.3, -0.25) is 34.9 Å². The minimum Gasteiger partial charge on any atom is -0.477 e. The Kier molecular flexibility index (Phi) is 11.5. The van der Waals surface area contributed by atoms with Crippen molar-refractivity contribution in [2.45, 2.75) is 83.3 Å². The first-order valence-corrected chi connectivity index (χ1v) is 22.9. The van der Waals surface area contributed by atoms with Crippen molar-refractivity contribution < 1.29 is 32.6 Å². The Bertz CT molecular complexity index is 2650. The Hall–Kier alpha value is -5.94. The number of carbonyl (C=O) groups is 3. The third-order valence-electron chi connectivity index (χ3n) is 14.3. The molecule has 1 saturated carbocycles. The first-order chi connectivity index (χ1) is 31.4. The van der Waals surface area contributed by atoms with Gasteiger partial charge in [-0.2, -0.15) is 5.10 Å². The van der Waals surface area contributed by atoms with Gasteiger partial charge >= 0.3 is 0 Å². The highest BCUT2D eigenvalue weighted by atomic mass is 19.1. The van der Waals surface area contributed by atoms with Crippen molar-refractivity contribution in [2.24, 2.45) is 18.9 Å². The van der Waals surface area contributed by atoms with Crippen LogP contribution in [0.3, 0.4) is 0 Å². The summed E-state index contributed by atoms with van der Waals surface area (Å²) in [4.78, 5) is 55.0. The number of nitrogens with zero attached hydrogens (tertiary/aromatic N) is 8. The van der Waals surface area contributed by atoms with Crippen LogP contribution in [0.5, 0.6) is 5.88 Å². The minimum atomic E-state index is -1.03. The molecule has 0 radical (unpaired) electrons. The molecule has 5 aromatic rings. The van der Waals surface area contributed by atoms with Gasteiger partial charge in [-0.25, -0.2) is 18.4 Å². The number of amides is 3. The summed E-state index contributed by atoms with van der Waals surface area (Å²) in [5.41, 5.74) is 6.48. The molecule has 5 aliphatic rings. The zero-order valence-electron chi connectivity index (χ0n) is 37.4. The third kappa shape index (κ3) is 8.32. The van der Waals surface area contributed by atoms with E-state index in [1.54, 1.807) is 17.9 Å². The van der Waals surface area contributed by atoms with Gasteiger partial charge in [-0.15, -0.1) is 0 Å². The molecule has 7 heterocycles. The summed E-state index contributed by atoms with van der Waals surface area (Å²) in [7, 11) is 3.62. The topological polar surface area (TPSA) is 152 Å². The van der Waals surface area contributed by atoms with Crippen LogP contribution in [-0.4, -0.2) is 112 Å².